The number of hydrogen-bond donors (Lipinski definition) is 1. The molecule has 0 aliphatic heterocycles. The van der Waals surface area contributed by atoms with Gasteiger partial charge in [0.05, 0.1) is 5.56 Å². The number of alkyl halides is 3. The van der Waals surface area contributed by atoms with Crippen molar-refractivity contribution >= 4 is 6.09 Å². The van der Waals surface area contributed by atoms with Crippen molar-refractivity contribution in [1.29, 1.82) is 0 Å². The molecule has 1 amide bonds. The monoisotopic (exact) mass is 349 g/mol. The fourth-order valence-electron chi connectivity index (χ4n) is 3.41. The number of carbonyl (C=O) groups excluding carboxylic acids is 1. The zero-order valence-corrected chi connectivity index (χ0v) is 13.9. The Bertz CT molecular complexity index is 828. The highest BCUT2D eigenvalue weighted by atomic mass is 19.4. The highest BCUT2D eigenvalue weighted by Crippen LogP contribution is 2.47. The fourth-order valence-corrected chi connectivity index (χ4v) is 3.41. The first-order valence-corrected chi connectivity index (χ1v) is 7.86. The largest absolute Gasteiger partial charge is 0.441 e. The van der Waals surface area contributed by atoms with Crippen LogP contribution in [0.1, 0.15) is 43.1 Å². The smallest absolute Gasteiger partial charge is 0.416 e. The molecule has 6 heteroatoms. The molecule has 0 aromatic heterocycles. The Morgan fingerprint density at radius 1 is 1.16 bits per heavy atom. The first-order valence-electron chi connectivity index (χ1n) is 7.86. The molecule has 2 N–H and O–H groups in total. The van der Waals surface area contributed by atoms with E-state index < -0.39 is 23.9 Å². The quantitative estimate of drug-likeness (QED) is 0.811. The predicted octanol–water partition coefficient (Wildman–Crippen LogP) is 5.19. The van der Waals surface area contributed by atoms with Crippen molar-refractivity contribution < 1.29 is 22.7 Å². The fraction of sp³-hybridized carbons (Fsp3) is 0.316. The van der Waals surface area contributed by atoms with Crippen LogP contribution < -0.4 is 5.73 Å². The van der Waals surface area contributed by atoms with Gasteiger partial charge in [-0.2, -0.15) is 13.2 Å². The summed E-state index contributed by atoms with van der Waals surface area (Å²) in [5, 5.41) is 0. The molecule has 132 valence electrons. The summed E-state index contributed by atoms with van der Waals surface area (Å²) in [6, 6.07) is 10.7. The Kier molecular flexibility index (Phi) is 4.01. The van der Waals surface area contributed by atoms with E-state index in [2.05, 4.69) is 0 Å². The molecule has 25 heavy (non-hydrogen) atoms. The van der Waals surface area contributed by atoms with Crippen LogP contribution in [0.2, 0.25) is 0 Å². The molecule has 0 radical (unpaired) electrons. The van der Waals surface area contributed by atoms with Gasteiger partial charge in [0, 0.05) is 0 Å². The molecule has 3 rings (SSSR count). The van der Waals surface area contributed by atoms with Crippen molar-refractivity contribution in [3.05, 3.63) is 59.2 Å². The first-order chi connectivity index (χ1) is 11.6. The SMILES string of the molecule is CC1(C)CC(OC(N)=O)c2ccc(-c3cccc(C(F)(F)F)c3)cc21. The van der Waals surface area contributed by atoms with Crippen molar-refractivity contribution in [2.45, 2.75) is 38.0 Å². The Labute approximate surface area is 143 Å². The minimum absolute atomic E-state index is 0.271. The average molecular weight is 349 g/mol. The number of carbonyl (C=O) groups is 1. The lowest BCUT2D eigenvalue weighted by molar-refractivity contribution is -0.137. The van der Waals surface area contributed by atoms with E-state index in [-0.39, 0.29) is 5.41 Å². The predicted molar refractivity (Wildman–Crippen MR) is 87.9 cm³/mol. The third-order valence-corrected chi connectivity index (χ3v) is 4.61. The molecule has 3 nitrogen and oxygen atoms in total. The second-order valence-corrected chi connectivity index (χ2v) is 6.89. The molecule has 1 aliphatic carbocycles. The summed E-state index contributed by atoms with van der Waals surface area (Å²) in [6.07, 6.45) is -5.07. The van der Waals surface area contributed by atoms with Crippen LogP contribution in [0.15, 0.2) is 42.5 Å². The van der Waals surface area contributed by atoms with Gasteiger partial charge in [-0.3, -0.25) is 0 Å². The molecular weight excluding hydrogens is 331 g/mol. The van der Waals surface area contributed by atoms with Gasteiger partial charge in [0.15, 0.2) is 0 Å². The minimum Gasteiger partial charge on any atom is -0.441 e. The van der Waals surface area contributed by atoms with Crippen LogP contribution in [0.4, 0.5) is 18.0 Å². The number of fused-ring (bicyclic) bond motifs is 1. The molecule has 2 aromatic carbocycles. The number of hydrogen-bond acceptors (Lipinski definition) is 2. The van der Waals surface area contributed by atoms with Crippen LogP contribution >= 0.6 is 0 Å². The van der Waals surface area contributed by atoms with Gasteiger partial charge in [0.25, 0.3) is 0 Å². The van der Waals surface area contributed by atoms with Gasteiger partial charge in [-0.1, -0.05) is 44.2 Å². The third kappa shape index (κ3) is 3.34. The summed E-state index contributed by atoms with van der Waals surface area (Å²) >= 11 is 0. The lowest BCUT2D eigenvalue weighted by Gasteiger charge is -2.19. The number of halogens is 3. The molecule has 1 aliphatic rings. The zero-order valence-electron chi connectivity index (χ0n) is 13.9. The zero-order chi connectivity index (χ0) is 18.4. The van der Waals surface area contributed by atoms with Crippen LogP contribution in [-0.4, -0.2) is 6.09 Å². The van der Waals surface area contributed by atoms with E-state index in [4.69, 9.17) is 10.5 Å². The minimum atomic E-state index is -4.38. The van der Waals surface area contributed by atoms with Crippen LogP contribution in [0.5, 0.6) is 0 Å². The van der Waals surface area contributed by atoms with E-state index in [1.807, 2.05) is 19.9 Å². The summed E-state index contributed by atoms with van der Waals surface area (Å²) in [4.78, 5) is 11.1. The normalized spacial score (nSPS) is 18.7. The van der Waals surface area contributed by atoms with Gasteiger partial charge < -0.3 is 10.5 Å². The number of primary amides is 1. The average Bonchev–Trinajstić information content (AvgIpc) is 2.76. The Hall–Kier alpha value is -2.50. The standard InChI is InChI=1S/C19H18F3NO2/c1-18(2)10-16(25-17(23)24)14-7-6-12(9-15(14)18)11-4-3-5-13(8-11)19(20,21)22/h3-9,16H,10H2,1-2H3,(H2,23,24). The summed E-state index contributed by atoms with van der Waals surface area (Å²) in [5.41, 5.74) is 7.16. The summed E-state index contributed by atoms with van der Waals surface area (Å²) in [7, 11) is 0. The van der Waals surface area contributed by atoms with Gasteiger partial charge >= 0.3 is 12.3 Å². The molecule has 1 unspecified atom stereocenters. The van der Waals surface area contributed by atoms with E-state index in [1.165, 1.54) is 6.07 Å². The number of rotatable bonds is 2. The van der Waals surface area contributed by atoms with Crippen LogP contribution in [-0.2, 0) is 16.3 Å². The number of benzene rings is 2. The number of amides is 1. The van der Waals surface area contributed by atoms with Gasteiger partial charge in [-0.25, -0.2) is 4.79 Å². The molecule has 1 atom stereocenters. The first kappa shape index (κ1) is 17.3. The summed E-state index contributed by atoms with van der Waals surface area (Å²) < 4.78 is 44.0. The third-order valence-electron chi connectivity index (χ3n) is 4.61. The summed E-state index contributed by atoms with van der Waals surface area (Å²) in [5.74, 6) is 0. The number of nitrogens with two attached hydrogens (primary N) is 1. The van der Waals surface area contributed by atoms with Gasteiger partial charge in [-0.05, 0) is 46.2 Å². The maximum atomic E-state index is 12.9. The van der Waals surface area contributed by atoms with Gasteiger partial charge in [-0.15, -0.1) is 0 Å². The van der Waals surface area contributed by atoms with Gasteiger partial charge in [0.1, 0.15) is 6.10 Å². The molecule has 2 aromatic rings. The second-order valence-electron chi connectivity index (χ2n) is 6.89. The molecule has 0 spiro atoms. The molecule has 0 saturated carbocycles. The van der Waals surface area contributed by atoms with Crippen molar-refractivity contribution in [3.63, 3.8) is 0 Å². The molecule has 0 heterocycles. The topological polar surface area (TPSA) is 52.3 Å². The number of ether oxygens (including phenoxy) is 1. The lowest BCUT2D eigenvalue weighted by Crippen LogP contribution is -2.18. The Balaban J connectivity index is 2.03. The maximum Gasteiger partial charge on any atom is 0.416 e. The lowest BCUT2D eigenvalue weighted by atomic mass is 9.85. The van der Waals surface area contributed by atoms with E-state index in [1.54, 1.807) is 18.2 Å². The Morgan fingerprint density at radius 2 is 1.84 bits per heavy atom. The van der Waals surface area contributed by atoms with Crippen molar-refractivity contribution in [1.82, 2.24) is 0 Å². The maximum absolute atomic E-state index is 12.9. The molecule has 0 fully saturated rings. The second kappa shape index (κ2) is 5.79. The van der Waals surface area contributed by atoms with E-state index in [9.17, 15) is 18.0 Å². The van der Waals surface area contributed by atoms with Crippen LogP contribution in [0.3, 0.4) is 0 Å². The highest BCUT2D eigenvalue weighted by molar-refractivity contribution is 5.68. The van der Waals surface area contributed by atoms with E-state index in [0.717, 1.165) is 23.3 Å². The Morgan fingerprint density at radius 3 is 2.48 bits per heavy atom. The van der Waals surface area contributed by atoms with Crippen LogP contribution in [0.25, 0.3) is 11.1 Å². The molecule has 0 bridgehead atoms. The van der Waals surface area contributed by atoms with E-state index >= 15 is 0 Å². The van der Waals surface area contributed by atoms with E-state index in [0.29, 0.717) is 17.5 Å². The summed E-state index contributed by atoms with van der Waals surface area (Å²) in [6.45, 7) is 4.01. The molecular formula is C19H18F3NO2. The van der Waals surface area contributed by atoms with Crippen molar-refractivity contribution in [2.75, 3.05) is 0 Å². The van der Waals surface area contributed by atoms with Crippen molar-refractivity contribution in [3.8, 4) is 11.1 Å². The van der Waals surface area contributed by atoms with Crippen molar-refractivity contribution in [2.24, 2.45) is 5.73 Å². The van der Waals surface area contributed by atoms with Gasteiger partial charge in [0.2, 0.25) is 0 Å². The highest BCUT2D eigenvalue weighted by Gasteiger charge is 2.39. The molecule has 0 saturated heterocycles. The van der Waals surface area contributed by atoms with Crippen LogP contribution in [0, 0.1) is 0 Å².